The van der Waals surface area contributed by atoms with E-state index in [9.17, 15) is 4.39 Å². The zero-order valence-corrected chi connectivity index (χ0v) is 8.28. The quantitative estimate of drug-likeness (QED) is 0.736. The van der Waals surface area contributed by atoms with Gasteiger partial charge in [-0.15, -0.1) is 0 Å². The number of hydrogen-bond acceptors (Lipinski definition) is 3. The van der Waals surface area contributed by atoms with Crippen LogP contribution in [0.15, 0.2) is 36.5 Å². The lowest BCUT2D eigenvalue weighted by Crippen LogP contribution is -1.89. The summed E-state index contributed by atoms with van der Waals surface area (Å²) < 4.78 is 17.9. The minimum absolute atomic E-state index is 0.106. The number of rotatable bonds is 2. The fraction of sp³-hybridized carbons (Fsp3) is 0. The maximum absolute atomic E-state index is 12.6. The molecule has 0 saturated carbocycles. The summed E-state index contributed by atoms with van der Waals surface area (Å²) in [6.45, 7) is 0. The van der Waals surface area contributed by atoms with Crippen LogP contribution in [0.4, 0.5) is 4.39 Å². The van der Waals surface area contributed by atoms with Crippen molar-refractivity contribution in [2.75, 3.05) is 0 Å². The van der Waals surface area contributed by atoms with Gasteiger partial charge in [0.2, 0.25) is 11.2 Å². The molecule has 1 heterocycles. The molecule has 0 aliphatic carbocycles. The van der Waals surface area contributed by atoms with Gasteiger partial charge in [0.25, 0.3) is 0 Å². The molecule has 0 aliphatic rings. The number of hydrogen-bond donors (Lipinski definition) is 0. The van der Waals surface area contributed by atoms with Crippen molar-refractivity contribution in [1.82, 2.24) is 9.97 Å². The van der Waals surface area contributed by atoms with Crippen molar-refractivity contribution in [2.45, 2.75) is 0 Å². The summed E-state index contributed by atoms with van der Waals surface area (Å²) in [6, 6.07) is 7.18. The largest absolute Gasteiger partial charge is 0.439 e. The first-order chi connectivity index (χ1) is 7.24. The molecule has 15 heavy (non-hydrogen) atoms. The average Bonchev–Trinajstić information content (AvgIpc) is 2.22. The molecule has 5 heteroatoms. The van der Waals surface area contributed by atoms with Gasteiger partial charge in [0.15, 0.2) is 0 Å². The molecule has 0 atom stereocenters. The van der Waals surface area contributed by atoms with E-state index in [2.05, 4.69) is 9.97 Å². The van der Waals surface area contributed by atoms with Crippen LogP contribution < -0.4 is 4.74 Å². The first kappa shape index (κ1) is 9.86. The average molecular weight is 225 g/mol. The van der Waals surface area contributed by atoms with Crippen LogP contribution in [0.5, 0.6) is 11.6 Å². The van der Waals surface area contributed by atoms with Gasteiger partial charge in [-0.1, -0.05) is 0 Å². The molecule has 0 N–H and O–H groups in total. The van der Waals surface area contributed by atoms with Crippen LogP contribution in [-0.4, -0.2) is 9.97 Å². The minimum Gasteiger partial charge on any atom is -0.439 e. The molecule has 1 aromatic heterocycles. The number of halogens is 2. The number of benzene rings is 1. The molecular weight excluding hydrogens is 219 g/mol. The van der Waals surface area contributed by atoms with Crippen molar-refractivity contribution in [3.8, 4) is 11.6 Å². The summed E-state index contributed by atoms with van der Waals surface area (Å²) in [5.74, 6) is 0.496. The smallest absolute Gasteiger partial charge is 0.225 e. The second-order valence-electron chi connectivity index (χ2n) is 2.72. The summed E-state index contributed by atoms with van der Waals surface area (Å²) in [5.41, 5.74) is 0. The van der Waals surface area contributed by atoms with Gasteiger partial charge in [0.1, 0.15) is 11.6 Å². The molecule has 0 unspecified atom stereocenters. The molecule has 0 fully saturated rings. The van der Waals surface area contributed by atoms with Crippen molar-refractivity contribution in [1.29, 1.82) is 0 Å². The summed E-state index contributed by atoms with van der Waals surface area (Å²) in [4.78, 5) is 7.54. The maximum Gasteiger partial charge on any atom is 0.225 e. The Labute approximate surface area is 90.5 Å². The molecule has 0 bridgehead atoms. The highest BCUT2D eigenvalue weighted by Crippen LogP contribution is 2.19. The Balaban J connectivity index is 2.18. The van der Waals surface area contributed by atoms with Gasteiger partial charge < -0.3 is 4.74 Å². The molecule has 76 valence electrons. The number of ether oxygens (including phenoxy) is 1. The molecule has 2 rings (SSSR count). The van der Waals surface area contributed by atoms with Gasteiger partial charge in [-0.25, -0.2) is 9.37 Å². The van der Waals surface area contributed by atoms with Gasteiger partial charge in [-0.2, -0.15) is 4.98 Å². The molecule has 0 spiro atoms. The van der Waals surface area contributed by atoms with Crippen LogP contribution in [-0.2, 0) is 0 Å². The van der Waals surface area contributed by atoms with E-state index in [0.29, 0.717) is 11.6 Å². The van der Waals surface area contributed by atoms with Gasteiger partial charge in [-0.05, 0) is 35.9 Å². The van der Waals surface area contributed by atoms with Crippen LogP contribution >= 0.6 is 11.6 Å². The second kappa shape index (κ2) is 4.23. The normalized spacial score (nSPS) is 10.0. The third kappa shape index (κ3) is 2.63. The summed E-state index contributed by atoms with van der Waals surface area (Å²) >= 11 is 5.57. The Morgan fingerprint density at radius 2 is 1.87 bits per heavy atom. The van der Waals surface area contributed by atoms with E-state index in [4.69, 9.17) is 16.3 Å². The molecule has 0 amide bonds. The molecule has 1 aromatic carbocycles. The Morgan fingerprint density at radius 1 is 1.13 bits per heavy atom. The van der Waals surface area contributed by atoms with E-state index < -0.39 is 0 Å². The number of nitrogens with zero attached hydrogens (tertiary/aromatic N) is 2. The lowest BCUT2D eigenvalue weighted by Gasteiger charge is -2.03. The van der Waals surface area contributed by atoms with Gasteiger partial charge in [-0.3, -0.25) is 0 Å². The molecule has 3 nitrogen and oxygen atoms in total. The molecule has 0 saturated heterocycles. The standard InChI is InChI=1S/C10H6ClFN2O/c11-10-13-6-5-9(14-10)15-8-3-1-7(12)2-4-8/h1-6H. The summed E-state index contributed by atoms with van der Waals surface area (Å²) in [7, 11) is 0. The topological polar surface area (TPSA) is 35.0 Å². The molecule has 2 aromatic rings. The minimum atomic E-state index is -0.317. The second-order valence-corrected chi connectivity index (χ2v) is 3.06. The van der Waals surface area contributed by atoms with Crippen LogP contribution in [0.3, 0.4) is 0 Å². The van der Waals surface area contributed by atoms with Crippen molar-refractivity contribution in [2.24, 2.45) is 0 Å². The number of aromatic nitrogens is 2. The predicted octanol–water partition coefficient (Wildman–Crippen LogP) is 3.06. The van der Waals surface area contributed by atoms with Crippen LogP contribution in [0.1, 0.15) is 0 Å². The monoisotopic (exact) mass is 224 g/mol. The van der Waals surface area contributed by atoms with Crippen LogP contribution in [0.25, 0.3) is 0 Å². The Kier molecular flexibility index (Phi) is 2.78. The molecule has 0 aliphatic heterocycles. The SMILES string of the molecule is Fc1ccc(Oc2ccnc(Cl)n2)cc1. The maximum atomic E-state index is 12.6. The van der Waals surface area contributed by atoms with Crippen molar-refractivity contribution in [3.05, 3.63) is 47.6 Å². The van der Waals surface area contributed by atoms with Crippen molar-refractivity contribution in [3.63, 3.8) is 0 Å². The van der Waals surface area contributed by atoms with Gasteiger partial charge in [0, 0.05) is 12.3 Å². The summed E-state index contributed by atoms with van der Waals surface area (Å²) in [5, 5.41) is 0.106. The first-order valence-corrected chi connectivity index (χ1v) is 4.54. The molecule has 0 radical (unpaired) electrons. The predicted molar refractivity (Wildman–Crippen MR) is 53.5 cm³/mol. The zero-order valence-electron chi connectivity index (χ0n) is 7.52. The van der Waals surface area contributed by atoms with Gasteiger partial charge >= 0.3 is 0 Å². The highest BCUT2D eigenvalue weighted by Gasteiger charge is 1.99. The lowest BCUT2D eigenvalue weighted by molar-refractivity contribution is 0.460. The fourth-order valence-electron chi connectivity index (χ4n) is 1.000. The lowest BCUT2D eigenvalue weighted by atomic mass is 10.3. The third-order valence-electron chi connectivity index (χ3n) is 1.64. The van der Waals surface area contributed by atoms with E-state index in [-0.39, 0.29) is 11.1 Å². The highest BCUT2D eigenvalue weighted by molar-refractivity contribution is 6.28. The first-order valence-electron chi connectivity index (χ1n) is 4.16. The molecular formula is C10H6ClFN2O. The van der Waals surface area contributed by atoms with E-state index in [1.165, 1.54) is 30.5 Å². The van der Waals surface area contributed by atoms with E-state index >= 15 is 0 Å². The van der Waals surface area contributed by atoms with E-state index in [0.717, 1.165) is 0 Å². The highest BCUT2D eigenvalue weighted by atomic mass is 35.5. The fourth-order valence-corrected chi connectivity index (χ4v) is 1.14. The van der Waals surface area contributed by atoms with E-state index in [1.807, 2.05) is 0 Å². The Hall–Kier alpha value is -1.68. The Morgan fingerprint density at radius 3 is 2.53 bits per heavy atom. The van der Waals surface area contributed by atoms with E-state index in [1.54, 1.807) is 6.07 Å². The Bertz CT molecular complexity index is 461. The van der Waals surface area contributed by atoms with Crippen molar-refractivity contribution >= 4 is 11.6 Å². The third-order valence-corrected chi connectivity index (χ3v) is 1.82. The van der Waals surface area contributed by atoms with Crippen molar-refractivity contribution < 1.29 is 9.13 Å². The van der Waals surface area contributed by atoms with Crippen LogP contribution in [0, 0.1) is 5.82 Å². The summed E-state index contributed by atoms with van der Waals surface area (Å²) in [6.07, 6.45) is 1.48. The van der Waals surface area contributed by atoms with Crippen LogP contribution in [0.2, 0.25) is 5.28 Å². The zero-order chi connectivity index (χ0) is 10.7. The van der Waals surface area contributed by atoms with Gasteiger partial charge in [0.05, 0.1) is 0 Å².